The lowest BCUT2D eigenvalue weighted by Gasteiger charge is -2.56. The fraction of sp³-hybridized carbons (Fsp3) is 0.619. The zero-order chi connectivity index (χ0) is 21.0. The molecule has 4 fully saturated rings. The fourth-order valence-electron chi connectivity index (χ4n) is 6.16. The molecular formula is C21H23F4N3O2. The van der Waals surface area contributed by atoms with Gasteiger partial charge in [-0.2, -0.15) is 5.10 Å². The molecule has 1 N–H and O–H groups in total. The third-order valence-corrected chi connectivity index (χ3v) is 6.89. The number of halogens is 4. The molecule has 0 atom stereocenters. The lowest BCUT2D eigenvalue weighted by Crippen LogP contribution is -2.59. The number of hydrogen-bond donors (Lipinski definition) is 1. The Balaban J connectivity index is 1.30. The molecule has 0 saturated heterocycles. The number of hydrogen-bond acceptors (Lipinski definition) is 3. The van der Waals surface area contributed by atoms with Crippen LogP contribution in [0.25, 0.3) is 0 Å². The number of nitrogens with zero attached hydrogens (tertiary/aromatic N) is 2. The topological polar surface area (TPSA) is 60.1 Å². The van der Waals surface area contributed by atoms with Crippen molar-refractivity contribution in [3.63, 3.8) is 0 Å². The maximum Gasteiger partial charge on any atom is 0.287 e. The van der Waals surface area contributed by atoms with Gasteiger partial charge in [-0.3, -0.25) is 9.48 Å². The summed E-state index contributed by atoms with van der Waals surface area (Å²) in [7, 11) is 0. The molecule has 0 spiro atoms. The fourth-order valence-corrected chi connectivity index (χ4v) is 6.16. The van der Waals surface area contributed by atoms with E-state index in [1.54, 1.807) is 0 Å². The summed E-state index contributed by atoms with van der Waals surface area (Å²) in [6.07, 6.45) is 0.894. The van der Waals surface area contributed by atoms with Crippen LogP contribution in [0.1, 0.15) is 79.1 Å². The highest BCUT2D eigenvalue weighted by Crippen LogP contribution is 2.55. The van der Waals surface area contributed by atoms with Crippen LogP contribution >= 0.6 is 0 Å². The van der Waals surface area contributed by atoms with Gasteiger partial charge >= 0.3 is 0 Å². The highest BCUT2D eigenvalue weighted by Gasteiger charge is 2.51. The number of rotatable bonds is 6. The van der Waals surface area contributed by atoms with E-state index >= 15 is 0 Å². The zero-order valence-corrected chi connectivity index (χ0v) is 16.3. The Kier molecular flexibility index (Phi) is 4.67. The van der Waals surface area contributed by atoms with E-state index in [1.807, 2.05) is 0 Å². The average Bonchev–Trinajstić information content (AvgIpc) is 3.28. The maximum absolute atomic E-state index is 13.2. The van der Waals surface area contributed by atoms with Gasteiger partial charge < -0.3 is 9.73 Å². The van der Waals surface area contributed by atoms with E-state index in [-0.39, 0.29) is 29.5 Å². The minimum Gasteiger partial charge on any atom is -0.454 e. The minimum absolute atomic E-state index is 0.0978. The predicted octanol–water partition coefficient (Wildman–Crippen LogP) is 5.10. The molecule has 9 heteroatoms. The normalized spacial score (nSPS) is 29.9. The Morgan fingerprint density at radius 3 is 2.30 bits per heavy atom. The van der Waals surface area contributed by atoms with Crippen molar-refractivity contribution in [1.29, 1.82) is 0 Å². The quantitative estimate of drug-likeness (QED) is 0.656. The van der Waals surface area contributed by atoms with Gasteiger partial charge in [0.2, 0.25) is 0 Å². The lowest BCUT2D eigenvalue weighted by atomic mass is 9.53. The molecule has 4 aliphatic rings. The Morgan fingerprint density at radius 1 is 1.10 bits per heavy atom. The minimum atomic E-state index is -2.95. The molecule has 4 bridgehead atoms. The third kappa shape index (κ3) is 3.52. The number of alkyl halides is 4. The molecule has 2 aromatic heterocycles. The van der Waals surface area contributed by atoms with E-state index in [4.69, 9.17) is 4.42 Å². The van der Waals surface area contributed by atoms with E-state index in [9.17, 15) is 22.4 Å². The SMILES string of the molecule is O=C(NC12CC3CC(CC(C3)C1)C2)c1ccc(Cn2nc(C(F)F)cc2C(F)F)o1. The van der Waals surface area contributed by atoms with Crippen molar-refractivity contribution in [2.75, 3.05) is 0 Å². The van der Waals surface area contributed by atoms with Crippen LogP contribution in [0.3, 0.4) is 0 Å². The van der Waals surface area contributed by atoms with Crippen LogP contribution in [-0.2, 0) is 6.54 Å². The summed E-state index contributed by atoms with van der Waals surface area (Å²) >= 11 is 0. The molecular weight excluding hydrogens is 402 g/mol. The van der Waals surface area contributed by atoms with Crippen molar-refractivity contribution >= 4 is 5.91 Å². The molecule has 2 aromatic rings. The first kappa shape index (κ1) is 19.6. The van der Waals surface area contributed by atoms with Gasteiger partial charge in [0.05, 0.1) is 6.54 Å². The van der Waals surface area contributed by atoms with Gasteiger partial charge in [0, 0.05) is 5.54 Å². The van der Waals surface area contributed by atoms with Gasteiger partial charge in [0.15, 0.2) is 5.76 Å². The van der Waals surface area contributed by atoms with Gasteiger partial charge in [-0.05, 0) is 74.5 Å². The van der Waals surface area contributed by atoms with Gasteiger partial charge in [0.25, 0.3) is 18.8 Å². The second-order valence-electron chi connectivity index (χ2n) is 9.17. The van der Waals surface area contributed by atoms with Gasteiger partial charge in [-0.25, -0.2) is 17.6 Å². The smallest absolute Gasteiger partial charge is 0.287 e. The molecule has 0 unspecified atom stereocenters. The summed E-state index contributed by atoms with van der Waals surface area (Å²) < 4.78 is 58.3. The average molecular weight is 425 g/mol. The Hall–Kier alpha value is -2.32. The van der Waals surface area contributed by atoms with E-state index in [1.165, 1.54) is 31.4 Å². The number of carbonyl (C=O) groups is 1. The van der Waals surface area contributed by atoms with Crippen molar-refractivity contribution in [3.8, 4) is 0 Å². The molecule has 0 radical (unpaired) electrons. The first-order chi connectivity index (χ1) is 14.3. The Morgan fingerprint density at radius 2 is 1.73 bits per heavy atom. The summed E-state index contributed by atoms with van der Waals surface area (Å²) in [6, 6.07) is 3.68. The van der Waals surface area contributed by atoms with Crippen LogP contribution < -0.4 is 5.32 Å². The van der Waals surface area contributed by atoms with Crippen molar-refractivity contribution in [2.45, 2.75) is 63.5 Å². The summed E-state index contributed by atoms with van der Waals surface area (Å²) in [6.45, 7) is -0.253. The second kappa shape index (κ2) is 7.13. The number of nitrogens with one attached hydrogen (secondary N) is 1. The van der Waals surface area contributed by atoms with Gasteiger partial charge in [-0.15, -0.1) is 0 Å². The number of carbonyl (C=O) groups excluding carboxylic acids is 1. The molecule has 4 saturated carbocycles. The van der Waals surface area contributed by atoms with Crippen LogP contribution in [0.2, 0.25) is 0 Å². The Bertz CT molecular complexity index is 917. The van der Waals surface area contributed by atoms with Gasteiger partial charge in [-0.1, -0.05) is 0 Å². The van der Waals surface area contributed by atoms with E-state index in [2.05, 4.69) is 10.4 Å². The zero-order valence-electron chi connectivity index (χ0n) is 16.3. The molecule has 0 aliphatic heterocycles. The molecule has 2 heterocycles. The summed E-state index contributed by atoms with van der Waals surface area (Å²) in [5, 5.41) is 6.75. The second-order valence-corrected chi connectivity index (χ2v) is 9.17. The lowest BCUT2D eigenvalue weighted by molar-refractivity contribution is -0.0171. The van der Waals surface area contributed by atoms with E-state index in [0.717, 1.165) is 23.9 Å². The van der Waals surface area contributed by atoms with Crippen molar-refractivity contribution in [1.82, 2.24) is 15.1 Å². The van der Waals surface area contributed by atoms with Crippen LogP contribution in [0, 0.1) is 17.8 Å². The first-order valence-corrected chi connectivity index (χ1v) is 10.4. The first-order valence-electron chi connectivity index (χ1n) is 10.4. The van der Waals surface area contributed by atoms with Crippen molar-refractivity contribution in [2.24, 2.45) is 17.8 Å². The number of furan rings is 1. The van der Waals surface area contributed by atoms with Gasteiger partial charge in [0.1, 0.15) is 17.1 Å². The van der Waals surface area contributed by atoms with Crippen molar-refractivity contribution in [3.05, 3.63) is 41.1 Å². The summed E-state index contributed by atoms with van der Waals surface area (Å²) in [5.41, 5.74) is -1.49. The largest absolute Gasteiger partial charge is 0.454 e. The maximum atomic E-state index is 13.2. The number of amides is 1. The standard InChI is InChI=1S/C21H23F4N3O2/c22-18(23)15-6-16(19(24)25)28(27-15)10-14-1-2-17(30-14)20(29)26-21-7-11-3-12(8-21)5-13(4-11)9-21/h1-2,6,11-13,18-19H,3-5,7-10H2,(H,26,29). The van der Waals surface area contributed by atoms with Crippen LogP contribution in [0.15, 0.2) is 22.6 Å². The summed E-state index contributed by atoms with van der Waals surface area (Å²) in [4.78, 5) is 12.8. The third-order valence-electron chi connectivity index (χ3n) is 6.89. The molecule has 6 rings (SSSR count). The van der Waals surface area contributed by atoms with Crippen LogP contribution in [-0.4, -0.2) is 21.2 Å². The van der Waals surface area contributed by atoms with E-state index in [0.29, 0.717) is 23.8 Å². The monoisotopic (exact) mass is 425 g/mol. The molecule has 5 nitrogen and oxygen atoms in total. The predicted molar refractivity (Wildman–Crippen MR) is 98.3 cm³/mol. The molecule has 162 valence electrons. The Labute approximate surface area is 170 Å². The number of aromatic nitrogens is 2. The summed E-state index contributed by atoms with van der Waals surface area (Å²) in [5.74, 6) is 2.03. The molecule has 1 amide bonds. The van der Waals surface area contributed by atoms with Crippen molar-refractivity contribution < 1.29 is 26.8 Å². The molecule has 4 aliphatic carbocycles. The molecule has 0 aromatic carbocycles. The van der Waals surface area contributed by atoms with E-state index < -0.39 is 24.2 Å². The highest BCUT2D eigenvalue weighted by molar-refractivity contribution is 5.92. The van der Waals surface area contributed by atoms with Crippen LogP contribution in [0.4, 0.5) is 17.6 Å². The highest BCUT2D eigenvalue weighted by atomic mass is 19.3. The molecule has 30 heavy (non-hydrogen) atoms. The van der Waals surface area contributed by atoms with Crippen LogP contribution in [0.5, 0.6) is 0 Å².